The summed E-state index contributed by atoms with van der Waals surface area (Å²) in [6, 6.07) is 15.3. The lowest BCUT2D eigenvalue weighted by Crippen LogP contribution is -2.45. The quantitative estimate of drug-likeness (QED) is 0.101. The van der Waals surface area contributed by atoms with Crippen molar-refractivity contribution in [3.05, 3.63) is 70.8 Å². The lowest BCUT2D eigenvalue weighted by Gasteiger charge is -2.38. The molecule has 252 valence electrons. The van der Waals surface area contributed by atoms with Gasteiger partial charge in [0.1, 0.15) is 11.6 Å². The summed E-state index contributed by atoms with van der Waals surface area (Å²) >= 11 is 0. The molecular formula is C35H49N3O8. The van der Waals surface area contributed by atoms with Crippen LogP contribution in [0.25, 0.3) is 0 Å². The smallest absolute Gasteiger partial charge is 0.323 e. The maximum absolute atomic E-state index is 13.0. The molecule has 0 bridgehead atoms. The number of ether oxygens (including phenoxy) is 3. The van der Waals surface area contributed by atoms with Crippen molar-refractivity contribution in [3.8, 4) is 0 Å². The Morgan fingerprint density at radius 2 is 1.57 bits per heavy atom. The lowest BCUT2D eigenvalue weighted by molar-refractivity contribution is -0.253. The number of esters is 1. The standard InChI is InChI=1S/C35H49N3O8/c1-35(2,3)46-33(42)29-8-7-19-38(29)22-28-20-30(26-15-13-25(23-39)14-16-26)45-34(44-28)27-17-11-24(12-18-27)21-36-31(40)9-5-4-6-10-32(41)37-43/h11-18,28-30,34,39,43H,4-10,19-23H2,1-3H3,(H,36,40)(H,37,41). The number of carbonyl (C=O) groups is 3. The number of aliphatic hydroxyl groups is 1. The zero-order valence-corrected chi connectivity index (χ0v) is 27.2. The molecule has 46 heavy (non-hydrogen) atoms. The third-order valence-corrected chi connectivity index (χ3v) is 8.27. The summed E-state index contributed by atoms with van der Waals surface area (Å²) in [6.45, 7) is 7.39. The van der Waals surface area contributed by atoms with Crippen LogP contribution in [0.1, 0.15) is 107 Å². The Bertz CT molecular complexity index is 1280. The van der Waals surface area contributed by atoms with Crippen LogP contribution in [0.2, 0.25) is 0 Å². The predicted octanol–water partition coefficient (Wildman–Crippen LogP) is 4.60. The summed E-state index contributed by atoms with van der Waals surface area (Å²) < 4.78 is 18.7. The van der Waals surface area contributed by atoms with E-state index in [1.807, 2.05) is 69.3 Å². The normalized spacial score (nSPS) is 21.9. The van der Waals surface area contributed by atoms with Gasteiger partial charge in [-0.1, -0.05) is 55.0 Å². The highest BCUT2D eigenvalue weighted by Gasteiger charge is 2.38. The summed E-state index contributed by atoms with van der Waals surface area (Å²) in [5, 5.41) is 21.0. The van der Waals surface area contributed by atoms with Crippen LogP contribution >= 0.6 is 0 Å². The Labute approximate surface area is 271 Å². The third-order valence-electron chi connectivity index (χ3n) is 8.27. The molecular weight excluding hydrogens is 590 g/mol. The first kappa shape index (κ1) is 35.5. The second kappa shape index (κ2) is 17.0. The number of benzene rings is 2. The van der Waals surface area contributed by atoms with Gasteiger partial charge in [0.2, 0.25) is 11.8 Å². The fourth-order valence-corrected chi connectivity index (χ4v) is 5.86. The van der Waals surface area contributed by atoms with Crippen molar-refractivity contribution >= 4 is 17.8 Å². The van der Waals surface area contributed by atoms with Crippen LogP contribution in [0.15, 0.2) is 48.5 Å². The van der Waals surface area contributed by atoms with E-state index in [0.717, 1.165) is 48.1 Å². The second-order valence-corrected chi connectivity index (χ2v) is 13.2. The molecule has 4 atom stereocenters. The van der Waals surface area contributed by atoms with Gasteiger partial charge in [0.05, 0.1) is 18.8 Å². The van der Waals surface area contributed by atoms with E-state index in [2.05, 4.69) is 10.2 Å². The van der Waals surface area contributed by atoms with Gasteiger partial charge < -0.3 is 24.6 Å². The van der Waals surface area contributed by atoms with E-state index in [1.54, 1.807) is 5.48 Å². The molecule has 2 aliphatic rings. The summed E-state index contributed by atoms with van der Waals surface area (Å²) in [5.74, 6) is -0.670. The van der Waals surface area contributed by atoms with Crippen molar-refractivity contribution in [2.45, 2.75) is 115 Å². The summed E-state index contributed by atoms with van der Waals surface area (Å²) in [5.41, 5.74) is 4.69. The molecule has 2 aliphatic heterocycles. The number of likely N-dealkylation sites (tertiary alicyclic amines) is 1. The van der Waals surface area contributed by atoms with Crippen LogP contribution in [-0.4, -0.2) is 63.8 Å². The van der Waals surface area contributed by atoms with Crippen molar-refractivity contribution in [2.75, 3.05) is 13.1 Å². The summed E-state index contributed by atoms with van der Waals surface area (Å²) in [7, 11) is 0. The van der Waals surface area contributed by atoms with E-state index < -0.39 is 17.8 Å². The molecule has 4 unspecified atom stereocenters. The monoisotopic (exact) mass is 639 g/mol. The molecule has 2 aromatic rings. The zero-order chi connectivity index (χ0) is 33.1. The van der Waals surface area contributed by atoms with Gasteiger partial charge in [0.25, 0.3) is 0 Å². The Kier molecular flexibility index (Phi) is 13.1. The molecule has 0 spiro atoms. The molecule has 2 amide bonds. The topological polar surface area (TPSA) is 147 Å². The summed E-state index contributed by atoms with van der Waals surface area (Å²) in [6.07, 6.45) is 3.86. The highest BCUT2D eigenvalue weighted by atomic mass is 16.7. The number of amides is 2. The Morgan fingerprint density at radius 1 is 0.913 bits per heavy atom. The molecule has 0 radical (unpaired) electrons. The Hall–Kier alpha value is -3.35. The average molecular weight is 640 g/mol. The van der Waals surface area contributed by atoms with Crippen LogP contribution in [-0.2, 0) is 41.7 Å². The number of rotatable bonds is 14. The van der Waals surface area contributed by atoms with Gasteiger partial charge in [-0.15, -0.1) is 0 Å². The number of unbranched alkanes of at least 4 members (excludes halogenated alkanes) is 2. The van der Waals surface area contributed by atoms with E-state index in [9.17, 15) is 19.5 Å². The van der Waals surface area contributed by atoms with Gasteiger partial charge in [0.15, 0.2) is 6.29 Å². The molecule has 2 saturated heterocycles. The summed E-state index contributed by atoms with van der Waals surface area (Å²) in [4.78, 5) is 38.5. The van der Waals surface area contributed by atoms with Crippen molar-refractivity contribution < 1.29 is 38.9 Å². The van der Waals surface area contributed by atoms with E-state index in [0.29, 0.717) is 38.8 Å². The fourth-order valence-electron chi connectivity index (χ4n) is 5.86. The Morgan fingerprint density at radius 3 is 2.22 bits per heavy atom. The number of hydroxylamine groups is 1. The fraction of sp³-hybridized carbons (Fsp3) is 0.571. The molecule has 2 fully saturated rings. The maximum Gasteiger partial charge on any atom is 0.323 e. The number of carbonyl (C=O) groups excluding carboxylic acids is 3. The molecule has 11 heteroatoms. The van der Waals surface area contributed by atoms with Gasteiger partial charge in [-0.25, -0.2) is 5.48 Å². The molecule has 4 N–H and O–H groups in total. The Balaban J connectivity index is 1.37. The molecule has 0 saturated carbocycles. The van der Waals surface area contributed by atoms with E-state index >= 15 is 0 Å². The number of hydrogen-bond acceptors (Lipinski definition) is 9. The molecule has 0 aromatic heterocycles. The number of nitrogens with zero attached hydrogens (tertiary/aromatic N) is 1. The minimum absolute atomic E-state index is 0.0283. The zero-order valence-electron chi connectivity index (χ0n) is 27.2. The largest absolute Gasteiger partial charge is 0.459 e. The first-order chi connectivity index (χ1) is 22.0. The maximum atomic E-state index is 13.0. The minimum Gasteiger partial charge on any atom is -0.459 e. The third kappa shape index (κ3) is 10.9. The van der Waals surface area contributed by atoms with E-state index in [4.69, 9.17) is 19.4 Å². The van der Waals surface area contributed by atoms with Crippen molar-refractivity contribution in [3.63, 3.8) is 0 Å². The van der Waals surface area contributed by atoms with Crippen molar-refractivity contribution in [2.24, 2.45) is 0 Å². The highest BCUT2D eigenvalue weighted by molar-refractivity contribution is 5.77. The van der Waals surface area contributed by atoms with Crippen molar-refractivity contribution in [1.82, 2.24) is 15.7 Å². The van der Waals surface area contributed by atoms with Crippen LogP contribution < -0.4 is 10.8 Å². The predicted molar refractivity (Wildman–Crippen MR) is 170 cm³/mol. The molecule has 0 aliphatic carbocycles. The molecule has 2 aromatic carbocycles. The number of hydrogen-bond donors (Lipinski definition) is 4. The second-order valence-electron chi connectivity index (χ2n) is 13.2. The SMILES string of the molecule is CC(C)(C)OC(=O)C1CCCN1CC1CC(c2ccc(CO)cc2)OC(c2ccc(CNC(=O)CCCCCC(=O)NO)cc2)O1. The van der Waals surface area contributed by atoms with Crippen LogP contribution in [0.4, 0.5) is 0 Å². The van der Waals surface area contributed by atoms with Crippen molar-refractivity contribution in [1.29, 1.82) is 0 Å². The molecule has 4 rings (SSSR count). The van der Waals surface area contributed by atoms with Gasteiger partial charge >= 0.3 is 5.97 Å². The van der Waals surface area contributed by atoms with Crippen LogP contribution in [0, 0.1) is 0 Å². The van der Waals surface area contributed by atoms with Crippen LogP contribution in [0.5, 0.6) is 0 Å². The van der Waals surface area contributed by atoms with E-state index in [1.165, 1.54) is 0 Å². The molecule has 11 nitrogen and oxygen atoms in total. The van der Waals surface area contributed by atoms with Gasteiger partial charge in [-0.3, -0.25) is 24.5 Å². The first-order valence-electron chi connectivity index (χ1n) is 16.3. The van der Waals surface area contributed by atoms with Gasteiger partial charge in [0, 0.05) is 37.9 Å². The van der Waals surface area contributed by atoms with Crippen LogP contribution in [0.3, 0.4) is 0 Å². The van der Waals surface area contributed by atoms with Gasteiger partial charge in [-0.05, 0) is 69.7 Å². The lowest BCUT2D eigenvalue weighted by atomic mass is 9.99. The average Bonchev–Trinajstić information content (AvgIpc) is 3.51. The van der Waals surface area contributed by atoms with E-state index in [-0.39, 0.29) is 43.2 Å². The number of aliphatic hydroxyl groups excluding tert-OH is 1. The van der Waals surface area contributed by atoms with Gasteiger partial charge in [-0.2, -0.15) is 0 Å². The number of nitrogens with one attached hydrogen (secondary N) is 2. The minimum atomic E-state index is -0.625. The highest BCUT2D eigenvalue weighted by Crippen LogP contribution is 2.39. The molecule has 2 heterocycles. The first-order valence-corrected chi connectivity index (χ1v) is 16.3.